The Bertz CT molecular complexity index is 853. The van der Waals surface area contributed by atoms with Crippen molar-refractivity contribution >= 4 is 28.5 Å². The van der Waals surface area contributed by atoms with Crippen LogP contribution >= 0.6 is 0 Å². The maximum Gasteiger partial charge on any atom is 0.165 e. The van der Waals surface area contributed by atoms with E-state index < -0.39 is 0 Å². The van der Waals surface area contributed by atoms with Crippen LogP contribution in [0, 0.1) is 10.8 Å². The standard InChI is InChI=1S/C19H25N7/c1-13(21)15(10-20)17-24-16-11-22-6-2-14(16)18(25-17)26-8-4-19(5-9-26)3-7-23-12-19/h2,6,10-11,20,23H,3-5,7-9,12,21H2,1H3. The molecule has 2 aromatic heterocycles. The number of fused-ring (bicyclic) bond motifs is 1. The molecular formula is C19H25N7. The molecule has 0 atom stereocenters. The van der Waals surface area contributed by atoms with Crippen LogP contribution in [0.5, 0.6) is 0 Å². The van der Waals surface area contributed by atoms with Crippen LogP contribution < -0.4 is 16.0 Å². The van der Waals surface area contributed by atoms with Crippen LogP contribution in [-0.2, 0) is 0 Å². The summed E-state index contributed by atoms with van der Waals surface area (Å²) < 4.78 is 0. The summed E-state index contributed by atoms with van der Waals surface area (Å²) in [4.78, 5) is 16.0. The molecule has 7 heteroatoms. The summed E-state index contributed by atoms with van der Waals surface area (Å²) >= 11 is 0. The van der Waals surface area contributed by atoms with E-state index in [-0.39, 0.29) is 0 Å². The van der Waals surface area contributed by atoms with E-state index in [4.69, 9.17) is 16.1 Å². The van der Waals surface area contributed by atoms with Gasteiger partial charge in [-0.15, -0.1) is 0 Å². The number of aromatic nitrogens is 3. The Kier molecular flexibility index (Phi) is 4.32. The lowest BCUT2D eigenvalue weighted by atomic mass is 9.78. The Morgan fingerprint density at radius 2 is 2.12 bits per heavy atom. The van der Waals surface area contributed by atoms with Crippen molar-refractivity contribution in [2.24, 2.45) is 11.1 Å². The zero-order valence-corrected chi connectivity index (χ0v) is 15.1. The van der Waals surface area contributed by atoms with E-state index in [0.29, 0.717) is 22.5 Å². The number of hydrogen-bond donors (Lipinski definition) is 3. The number of hydrogen-bond acceptors (Lipinski definition) is 7. The van der Waals surface area contributed by atoms with Crippen LogP contribution in [0.3, 0.4) is 0 Å². The molecule has 4 heterocycles. The minimum absolute atomic E-state index is 0.456. The molecule has 2 saturated heterocycles. The van der Waals surface area contributed by atoms with Crippen molar-refractivity contribution in [3.8, 4) is 0 Å². The van der Waals surface area contributed by atoms with Gasteiger partial charge in [0.1, 0.15) is 5.82 Å². The zero-order valence-electron chi connectivity index (χ0n) is 15.1. The Morgan fingerprint density at radius 1 is 1.31 bits per heavy atom. The van der Waals surface area contributed by atoms with Crippen LogP contribution in [0.1, 0.15) is 32.0 Å². The quantitative estimate of drug-likeness (QED) is 0.730. The molecule has 2 aromatic rings. The molecule has 26 heavy (non-hydrogen) atoms. The third-order valence-corrected chi connectivity index (χ3v) is 5.74. The van der Waals surface area contributed by atoms with Crippen molar-refractivity contribution in [1.29, 1.82) is 5.41 Å². The third kappa shape index (κ3) is 2.92. The predicted octanol–water partition coefficient (Wildman–Crippen LogP) is 1.94. The highest BCUT2D eigenvalue weighted by molar-refractivity contribution is 6.08. The molecule has 0 aliphatic carbocycles. The van der Waals surface area contributed by atoms with Gasteiger partial charge < -0.3 is 21.4 Å². The fourth-order valence-electron chi connectivity index (χ4n) is 4.10. The van der Waals surface area contributed by atoms with Crippen molar-refractivity contribution in [2.75, 3.05) is 31.1 Å². The first kappa shape index (κ1) is 16.9. The second-order valence-corrected chi connectivity index (χ2v) is 7.42. The first-order chi connectivity index (χ1) is 12.6. The van der Waals surface area contributed by atoms with Gasteiger partial charge in [0.2, 0.25) is 0 Å². The average molecular weight is 351 g/mol. The Labute approximate surface area is 153 Å². The van der Waals surface area contributed by atoms with Gasteiger partial charge >= 0.3 is 0 Å². The van der Waals surface area contributed by atoms with Gasteiger partial charge in [-0.3, -0.25) is 4.98 Å². The number of anilines is 1. The third-order valence-electron chi connectivity index (χ3n) is 5.74. The largest absolute Gasteiger partial charge is 0.402 e. The van der Waals surface area contributed by atoms with Crippen LogP contribution in [0.25, 0.3) is 16.5 Å². The SMILES string of the molecule is CC(N)=C(C=N)c1nc(N2CCC3(CCNC3)CC2)c2ccncc2n1. The van der Waals surface area contributed by atoms with Gasteiger partial charge in [-0.05, 0) is 44.2 Å². The van der Waals surface area contributed by atoms with Crippen molar-refractivity contribution in [3.05, 3.63) is 30.0 Å². The summed E-state index contributed by atoms with van der Waals surface area (Å²) in [5, 5.41) is 12.2. The normalized spacial score (nSPS) is 20.4. The molecule has 2 aliphatic rings. The summed E-state index contributed by atoms with van der Waals surface area (Å²) in [5.41, 5.74) is 8.29. The monoisotopic (exact) mass is 351 g/mol. The summed E-state index contributed by atoms with van der Waals surface area (Å²) in [6.07, 6.45) is 8.39. The molecule has 0 amide bonds. The molecule has 0 saturated carbocycles. The van der Waals surface area contributed by atoms with Gasteiger partial charge in [0.05, 0.1) is 17.3 Å². The Hall–Kier alpha value is -2.54. The molecule has 2 aliphatic heterocycles. The molecule has 0 radical (unpaired) electrons. The van der Waals surface area contributed by atoms with Gasteiger partial charge in [-0.25, -0.2) is 9.97 Å². The fraction of sp³-hybridized carbons (Fsp3) is 0.474. The van der Waals surface area contributed by atoms with E-state index in [1.807, 2.05) is 6.07 Å². The smallest absolute Gasteiger partial charge is 0.165 e. The fourth-order valence-corrected chi connectivity index (χ4v) is 4.10. The van der Waals surface area contributed by atoms with Gasteiger partial charge in [-0.1, -0.05) is 0 Å². The highest BCUT2D eigenvalue weighted by atomic mass is 15.2. The maximum absolute atomic E-state index is 7.68. The second-order valence-electron chi connectivity index (χ2n) is 7.42. The van der Waals surface area contributed by atoms with Crippen molar-refractivity contribution < 1.29 is 0 Å². The maximum atomic E-state index is 7.68. The Morgan fingerprint density at radius 3 is 2.77 bits per heavy atom. The molecule has 4 rings (SSSR count). The minimum atomic E-state index is 0.456. The first-order valence-electron chi connectivity index (χ1n) is 9.16. The number of nitrogens with zero attached hydrogens (tertiary/aromatic N) is 4. The molecule has 0 unspecified atom stereocenters. The van der Waals surface area contributed by atoms with E-state index >= 15 is 0 Å². The van der Waals surface area contributed by atoms with Gasteiger partial charge in [0.15, 0.2) is 5.82 Å². The molecule has 0 bridgehead atoms. The molecule has 1 spiro atoms. The van der Waals surface area contributed by atoms with Crippen LogP contribution in [0.4, 0.5) is 5.82 Å². The van der Waals surface area contributed by atoms with E-state index in [9.17, 15) is 0 Å². The lowest BCUT2D eigenvalue weighted by Gasteiger charge is -2.39. The number of allylic oxidation sites excluding steroid dienone is 2. The average Bonchev–Trinajstić information content (AvgIpc) is 3.10. The molecule has 2 fully saturated rings. The van der Waals surface area contributed by atoms with Crippen molar-refractivity contribution in [1.82, 2.24) is 20.3 Å². The first-order valence-corrected chi connectivity index (χ1v) is 9.16. The molecule has 0 aromatic carbocycles. The number of nitrogens with one attached hydrogen (secondary N) is 2. The molecule has 4 N–H and O–H groups in total. The molecule has 7 nitrogen and oxygen atoms in total. The zero-order chi connectivity index (χ0) is 18.1. The van der Waals surface area contributed by atoms with Gasteiger partial charge in [0, 0.05) is 43.1 Å². The molecular weight excluding hydrogens is 326 g/mol. The van der Waals surface area contributed by atoms with E-state index in [1.165, 1.54) is 25.5 Å². The van der Waals surface area contributed by atoms with Crippen molar-refractivity contribution in [3.63, 3.8) is 0 Å². The lowest BCUT2D eigenvalue weighted by molar-refractivity contribution is 0.247. The van der Waals surface area contributed by atoms with Crippen LogP contribution in [-0.4, -0.2) is 47.3 Å². The number of rotatable bonds is 3. The van der Waals surface area contributed by atoms with Crippen LogP contribution in [0.2, 0.25) is 0 Å². The summed E-state index contributed by atoms with van der Waals surface area (Å²) in [6, 6.07) is 1.97. The number of nitrogens with two attached hydrogens (primary N) is 1. The Balaban J connectivity index is 1.74. The lowest BCUT2D eigenvalue weighted by Crippen LogP contribution is -2.41. The summed E-state index contributed by atoms with van der Waals surface area (Å²) in [7, 11) is 0. The highest BCUT2D eigenvalue weighted by Crippen LogP contribution is 2.39. The highest BCUT2D eigenvalue weighted by Gasteiger charge is 2.37. The van der Waals surface area contributed by atoms with Gasteiger partial charge in [0.25, 0.3) is 0 Å². The minimum Gasteiger partial charge on any atom is -0.402 e. The second kappa shape index (κ2) is 6.64. The molecule has 136 valence electrons. The number of piperidine rings is 1. The van der Waals surface area contributed by atoms with E-state index in [2.05, 4.69) is 20.2 Å². The van der Waals surface area contributed by atoms with Gasteiger partial charge in [-0.2, -0.15) is 0 Å². The topological polar surface area (TPSA) is 104 Å². The number of pyridine rings is 1. The van der Waals surface area contributed by atoms with E-state index in [1.54, 1.807) is 19.3 Å². The summed E-state index contributed by atoms with van der Waals surface area (Å²) in [6.45, 7) is 6.01. The van der Waals surface area contributed by atoms with Crippen LogP contribution in [0.15, 0.2) is 24.2 Å². The van der Waals surface area contributed by atoms with Crippen molar-refractivity contribution in [2.45, 2.75) is 26.2 Å². The summed E-state index contributed by atoms with van der Waals surface area (Å²) in [5.74, 6) is 1.42. The van der Waals surface area contributed by atoms with E-state index in [0.717, 1.165) is 42.9 Å². The predicted molar refractivity (Wildman–Crippen MR) is 104 cm³/mol.